The van der Waals surface area contributed by atoms with Gasteiger partial charge < -0.3 is 23.7 Å². The average molecular weight is 603 g/mol. The Bertz CT molecular complexity index is 1610. The van der Waals surface area contributed by atoms with Crippen LogP contribution in [-0.2, 0) is 9.53 Å². The first-order chi connectivity index (χ1) is 18.3. The van der Waals surface area contributed by atoms with Gasteiger partial charge >= 0.3 is 5.97 Å². The predicted molar refractivity (Wildman–Crippen MR) is 147 cm³/mol. The van der Waals surface area contributed by atoms with Crippen molar-refractivity contribution in [2.75, 3.05) is 35.0 Å². The van der Waals surface area contributed by atoms with E-state index in [-0.39, 0.29) is 17.7 Å². The van der Waals surface area contributed by atoms with Crippen LogP contribution in [0.4, 0.5) is 0 Å². The molecule has 0 N–H and O–H groups in total. The molecule has 0 bridgehead atoms. The van der Waals surface area contributed by atoms with Gasteiger partial charge in [-0.05, 0) is 71.7 Å². The molecule has 38 heavy (non-hydrogen) atoms. The molecular formula is C27H27BrN2O7S. The van der Waals surface area contributed by atoms with Crippen LogP contribution >= 0.6 is 27.3 Å². The van der Waals surface area contributed by atoms with Crippen LogP contribution < -0.4 is 33.8 Å². The van der Waals surface area contributed by atoms with Gasteiger partial charge in [0.1, 0.15) is 17.5 Å². The highest BCUT2D eigenvalue weighted by molar-refractivity contribution is 9.10. The summed E-state index contributed by atoms with van der Waals surface area (Å²) in [5, 5.41) is 0. The molecule has 0 spiro atoms. The Morgan fingerprint density at radius 3 is 2.45 bits per heavy atom. The molecule has 0 aliphatic carbocycles. The van der Waals surface area contributed by atoms with Crippen LogP contribution in [0.1, 0.15) is 31.0 Å². The number of ether oxygens (including phenoxy) is 5. The SMILES string of the molecule is CCOC(=O)C1=C(C)N=c2s/c(=C\c3cc(Br)c(OC)c(OC)c3)c(=O)n2[C@@H]1c1cc(OC)ccc1OC. The minimum absolute atomic E-state index is 0.177. The summed E-state index contributed by atoms with van der Waals surface area (Å²) in [5.74, 6) is 1.55. The Balaban J connectivity index is 2.00. The van der Waals surface area contributed by atoms with Crippen molar-refractivity contribution < 1.29 is 28.5 Å². The van der Waals surface area contributed by atoms with Gasteiger partial charge in [-0.2, -0.15) is 0 Å². The average Bonchev–Trinajstić information content (AvgIpc) is 3.21. The molecule has 1 aromatic heterocycles. The summed E-state index contributed by atoms with van der Waals surface area (Å²) in [6.07, 6.45) is 1.75. The van der Waals surface area contributed by atoms with Crippen molar-refractivity contribution in [1.29, 1.82) is 0 Å². The molecule has 1 aliphatic rings. The van der Waals surface area contributed by atoms with E-state index in [2.05, 4.69) is 20.9 Å². The highest BCUT2D eigenvalue weighted by Gasteiger charge is 2.35. The Kier molecular flexibility index (Phi) is 8.27. The molecule has 1 atom stereocenters. The maximum Gasteiger partial charge on any atom is 0.338 e. The van der Waals surface area contributed by atoms with Gasteiger partial charge in [0.25, 0.3) is 5.56 Å². The molecule has 0 saturated carbocycles. The van der Waals surface area contributed by atoms with Gasteiger partial charge in [-0.25, -0.2) is 9.79 Å². The summed E-state index contributed by atoms with van der Waals surface area (Å²) < 4.78 is 29.9. The van der Waals surface area contributed by atoms with Crippen LogP contribution in [0.15, 0.2) is 55.9 Å². The monoisotopic (exact) mass is 602 g/mol. The lowest BCUT2D eigenvalue weighted by Crippen LogP contribution is -2.40. The third-order valence-corrected chi connectivity index (χ3v) is 7.57. The van der Waals surface area contributed by atoms with Gasteiger partial charge in [0, 0.05) is 5.56 Å². The van der Waals surface area contributed by atoms with Gasteiger partial charge in [0.2, 0.25) is 0 Å². The van der Waals surface area contributed by atoms with E-state index in [1.165, 1.54) is 23.0 Å². The normalized spacial score (nSPS) is 15.0. The molecule has 0 fully saturated rings. The summed E-state index contributed by atoms with van der Waals surface area (Å²) in [5.41, 5.74) is 1.69. The zero-order chi connectivity index (χ0) is 27.6. The minimum Gasteiger partial charge on any atom is -0.497 e. The van der Waals surface area contributed by atoms with Crippen LogP contribution in [0.25, 0.3) is 6.08 Å². The number of hydrogen-bond acceptors (Lipinski definition) is 9. The van der Waals surface area contributed by atoms with Crippen molar-refractivity contribution in [3.8, 4) is 23.0 Å². The number of aromatic nitrogens is 1. The number of carbonyl (C=O) groups is 1. The zero-order valence-electron chi connectivity index (χ0n) is 21.8. The Morgan fingerprint density at radius 2 is 1.82 bits per heavy atom. The Labute approximate surface area is 231 Å². The summed E-state index contributed by atoms with van der Waals surface area (Å²) in [6, 6.07) is 8.01. The second-order valence-electron chi connectivity index (χ2n) is 8.15. The van der Waals surface area contributed by atoms with Crippen molar-refractivity contribution in [3.05, 3.63) is 76.9 Å². The van der Waals surface area contributed by atoms with E-state index in [1.54, 1.807) is 65.5 Å². The van der Waals surface area contributed by atoms with Crippen LogP contribution in [0, 0.1) is 0 Å². The van der Waals surface area contributed by atoms with E-state index in [1.807, 2.05) is 6.07 Å². The lowest BCUT2D eigenvalue weighted by molar-refractivity contribution is -0.139. The molecule has 0 saturated heterocycles. The van der Waals surface area contributed by atoms with Crippen LogP contribution in [0.3, 0.4) is 0 Å². The molecule has 0 radical (unpaired) electrons. The highest BCUT2D eigenvalue weighted by atomic mass is 79.9. The standard InChI is InChI=1S/C27H27BrN2O7S/c1-7-37-26(32)22-14(2)29-27-30(23(22)17-13-16(33-3)8-9-19(17)34-4)25(31)21(38-27)12-15-10-18(28)24(36-6)20(11-15)35-5/h8-13,23H,7H2,1-6H3/b21-12-/t23-/m1/s1. The largest absolute Gasteiger partial charge is 0.497 e. The second kappa shape index (κ2) is 11.4. The summed E-state index contributed by atoms with van der Waals surface area (Å²) in [6.45, 7) is 3.63. The second-order valence-corrected chi connectivity index (χ2v) is 10.0. The number of allylic oxidation sites excluding steroid dienone is 1. The Morgan fingerprint density at radius 1 is 1.08 bits per heavy atom. The molecule has 9 nitrogen and oxygen atoms in total. The number of carbonyl (C=O) groups excluding carboxylic acids is 1. The summed E-state index contributed by atoms with van der Waals surface area (Å²) in [7, 11) is 6.18. The third-order valence-electron chi connectivity index (χ3n) is 6.00. The zero-order valence-corrected chi connectivity index (χ0v) is 24.2. The van der Waals surface area contributed by atoms with Crippen molar-refractivity contribution in [3.63, 3.8) is 0 Å². The number of halogens is 1. The maximum atomic E-state index is 13.9. The van der Waals surface area contributed by atoms with Gasteiger partial charge in [0.15, 0.2) is 16.3 Å². The molecule has 0 amide bonds. The van der Waals surface area contributed by atoms with E-state index in [0.29, 0.717) is 48.1 Å². The molecule has 3 aromatic rings. The molecule has 2 heterocycles. The van der Waals surface area contributed by atoms with Crippen LogP contribution in [-0.4, -0.2) is 45.6 Å². The lowest BCUT2D eigenvalue weighted by Gasteiger charge is -2.26. The number of methoxy groups -OCH3 is 4. The van der Waals surface area contributed by atoms with Crippen molar-refractivity contribution in [1.82, 2.24) is 4.57 Å². The Hall–Kier alpha value is -3.57. The number of fused-ring (bicyclic) bond motifs is 1. The lowest BCUT2D eigenvalue weighted by atomic mass is 9.94. The van der Waals surface area contributed by atoms with Crippen molar-refractivity contribution >= 4 is 39.3 Å². The quantitative estimate of drug-likeness (QED) is 0.363. The summed E-state index contributed by atoms with van der Waals surface area (Å²) >= 11 is 4.72. The molecule has 1 aliphatic heterocycles. The fraction of sp³-hybridized carbons (Fsp3) is 0.296. The number of nitrogens with zero attached hydrogens (tertiary/aromatic N) is 2. The molecule has 2 aromatic carbocycles. The molecule has 200 valence electrons. The molecular weight excluding hydrogens is 576 g/mol. The van der Waals surface area contributed by atoms with Crippen molar-refractivity contribution in [2.24, 2.45) is 4.99 Å². The highest BCUT2D eigenvalue weighted by Crippen LogP contribution is 2.38. The smallest absolute Gasteiger partial charge is 0.338 e. The number of benzene rings is 2. The molecule has 0 unspecified atom stereocenters. The third kappa shape index (κ3) is 4.95. The summed E-state index contributed by atoms with van der Waals surface area (Å²) in [4.78, 5) is 32.2. The fourth-order valence-corrected chi connectivity index (χ4v) is 5.98. The van der Waals surface area contributed by atoms with Crippen LogP contribution in [0.5, 0.6) is 23.0 Å². The molecule has 4 rings (SSSR count). The first kappa shape index (κ1) is 27.5. The van der Waals surface area contributed by atoms with Gasteiger partial charge in [-0.1, -0.05) is 11.3 Å². The minimum atomic E-state index is -0.838. The number of hydrogen-bond donors (Lipinski definition) is 0. The maximum absolute atomic E-state index is 13.9. The number of esters is 1. The topological polar surface area (TPSA) is 97.6 Å². The van der Waals surface area contributed by atoms with Gasteiger partial charge in [-0.15, -0.1) is 0 Å². The number of thiazole rings is 1. The molecule has 11 heteroatoms. The fourth-order valence-electron chi connectivity index (χ4n) is 4.31. The van der Waals surface area contributed by atoms with Gasteiger partial charge in [-0.3, -0.25) is 9.36 Å². The van der Waals surface area contributed by atoms with E-state index in [4.69, 9.17) is 23.7 Å². The van der Waals surface area contributed by atoms with E-state index in [0.717, 1.165) is 5.56 Å². The first-order valence-electron chi connectivity index (χ1n) is 11.6. The van der Waals surface area contributed by atoms with Gasteiger partial charge in [0.05, 0.1) is 55.3 Å². The van der Waals surface area contributed by atoms with Crippen molar-refractivity contribution in [2.45, 2.75) is 19.9 Å². The van der Waals surface area contributed by atoms with E-state index in [9.17, 15) is 9.59 Å². The first-order valence-corrected chi connectivity index (χ1v) is 13.2. The van der Waals surface area contributed by atoms with E-state index < -0.39 is 12.0 Å². The number of rotatable bonds is 8. The van der Waals surface area contributed by atoms with Crippen LogP contribution in [0.2, 0.25) is 0 Å². The van der Waals surface area contributed by atoms with E-state index >= 15 is 0 Å². The predicted octanol–water partition coefficient (Wildman–Crippen LogP) is 3.60.